The molecule has 0 aliphatic carbocycles. The fourth-order valence-corrected chi connectivity index (χ4v) is 1.42. The molecule has 0 bridgehead atoms. The third kappa shape index (κ3) is 5.65. The van der Waals surface area contributed by atoms with E-state index in [0.29, 0.717) is 6.61 Å². The Balaban J connectivity index is 2.34. The molecule has 0 radical (unpaired) electrons. The van der Waals surface area contributed by atoms with Gasteiger partial charge in [-0.15, -0.1) is 0 Å². The highest BCUT2D eigenvalue weighted by atomic mass is 16.5. The molecule has 1 atom stereocenters. The van der Waals surface area contributed by atoms with Crippen molar-refractivity contribution in [2.24, 2.45) is 5.73 Å². The first-order chi connectivity index (χ1) is 8.26. The summed E-state index contributed by atoms with van der Waals surface area (Å²) in [6.07, 6.45) is 4.43. The number of nitrogens with zero attached hydrogens (tertiary/aromatic N) is 1. The lowest BCUT2D eigenvalue weighted by Crippen LogP contribution is -2.21. The number of pyridine rings is 1. The Kier molecular flexibility index (Phi) is 6.58. The summed E-state index contributed by atoms with van der Waals surface area (Å²) in [5.74, 6) is 0.801. The molecule has 4 nitrogen and oxygen atoms in total. The normalized spacial score (nSPS) is 12.4. The molecule has 0 aliphatic heterocycles. The van der Waals surface area contributed by atoms with Gasteiger partial charge in [0.25, 0.3) is 0 Å². The molecule has 17 heavy (non-hydrogen) atoms. The second-order valence-corrected chi connectivity index (χ2v) is 4.05. The molecule has 1 aromatic rings. The van der Waals surface area contributed by atoms with E-state index in [4.69, 9.17) is 15.2 Å². The minimum atomic E-state index is 0.191. The van der Waals surface area contributed by atoms with Crippen molar-refractivity contribution in [2.45, 2.75) is 32.2 Å². The van der Waals surface area contributed by atoms with Crippen LogP contribution >= 0.6 is 0 Å². The first-order valence-corrected chi connectivity index (χ1v) is 6.08. The summed E-state index contributed by atoms with van der Waals surface area (Å²) in [5, 5.41) is 0. The van der Waals surface area contributed by atoms with Gasteiger partial charge >= 0.3 is 0 Å². The van der Waals surface area contributed by atoms with Gasteiger partial charge in [0.15, 0.2) is 0 Å². The second kappa shape index (κ2) is 8.03. The molecule has 96 valence electrons. The maximum Gasteiger partial charge on any atom is 0.137 e. The average Bonchev–Trinajstić information content (AvgIpc) is 2.36. The Labute approximate surface area is 103 Å². The van der Waals surface area contributed by atoms with E-state index in [-0.39, 0.29) is 6.04 Å². The van der Waals surface area contributed by atoms with Crippen molar-refractivity contribution in [3.8, 4) is 5.75 Å². The molecular formula is C13H22N2O2. The first-order valence-electron chi connectivity index (χ1n) is 6.08. The van der Waals surface area contributed by atoms with Crippen LogP contribution in [0.3, 0.4) is 0 Å². The van der Waals surface area contributed by atoms with Crippen molar-refractivity contribution >= 4 is 0 Å². The van der Waals surface area contributed by atoms with E-state index in [1.807, 2.05) is 12.1 Å². The maximum atomic E-state index is 5.87. The van der Waals surface area contributed by atoms with Crippen LogP contribution in [0.2, 0.25) is 0 Å². The highest BCUT2D eigenvalue weighted by Gasteiger charge is 2.02. The largest absolute Gasteiger partial charge is 0.492 e. The smallest absolute Gasteiger partial charge is 0.137 e. The van der Waals surface area contributed by atoms with Gasteiger partial charge in [0.1, 0.15) is 5.75 Å². The molecule has 0 aromatic carbocycles. The van der Waals surface area contributed by atoms with Crippen molar-refractivity contribution in [2.75, 3.05) is 20.3 Å². The Bertz CT molecular complexity index is 301. The number of hydrogen-bond donors (Lipinski definition) is 1. The van der Waals surface area contributed by atoms with E-state index in [1.54, 1.807) is 13.3 Å². The number of rotatable bonds is 8. The SMILES string of the molecule is CCC(N)Cc1ccc(OCCCOC)cn1. The zero-order valence-corrected chi connectivity index (χ0v) is 10.7. The van der Waals surface area contributed by atoms with E-state index in [0.717, 1.165) is 37.3 Å². The molecule has 0 fully saturated rings. The molecule has 0 spiro atoms. The zero-order valence-electron chi connectivity index (χ0n) is 10.7. The van der Waals surface area contributed by atoms with E-state index >= 15 is 0 Å². The van der Waals surface area contributed by atoms with Gasteiger partial charge in [0.2, 0.25) is 0 Å². The number of hydrogen-bond acceptors (Lipinski definition) is 4. The minimum Gasteiger partial charge on any atom is -0.492 e. The van der Waals surface area contributed by atoms with Crippen molar-refractivity contribution in [3.05, 3.63) is 24.0 Å². The highest BCUT2D eigenvalue weighted by Crippen LogP contribution is 2.10. The van der Waals surface area contributed by atoms with Gasteiger partial charge in [-0.2, -0.15) is 0 Å². The van der Waals surface area contributed by atoms with E-state index in [2.05, 4.69) is 11.9 Å². The third-order valence-corrected chi connectivity index (χ3v) is 2.55. The molecule has 1 heterocycles. The van der Waals surface area contributed by atoms with Gasteiger partial charge in [-0.05, 0) is 18.6 Å². The van der Waals surface area contributed by atoms with Gasteiger partial charge in [-0.1, -0.05) is 6.92 Å². The molecule has 0 saturated carbocycles. The molecular weight excluding hydrogens is 216 g/mol. The van der Waals surface area contributed by atoms with Crippen molar-refractivity contribution < 1.29 is 9.47 Å². The van der Waals surface area contributed by atoms with Crippen LogP contribution in [-0.4, -0.2) is 31.3 Å². The van der Waals surface area contributed by atoms with Crippen LogP contribution in [-0.2, 0) is 11.2 Å². The second-order valence-electron chi connectivity index (χ2n) is 4.05. The van der Waals surface area contributed by atoms with Crippen molar-refractivity contribution in [3.63, 3.8) is 0 Å². The molecule has 1 aromatic heterocycles. The summed E-state index contributed by atoms with van der Waals surface area (Å²) in [5.41, 5.74) is 6.89. The predicted molar refractivity (Wildman–Crippen MR) is 68.2 cm³/mol. The summed E-state index contributed by atoms with van der Waals surface area (Å²) >= 11 is 0. The van der Waals surface area contributed by atoms with Crippen molar-refractivity contribution in [1.29, 1.82) is 0 Å². The Morgan fingerprint density at radius 1 is 1.35 bits per heavy atom. The van der Waals surface area contributed by atoms with Gasteiger partial charge in [-0.3, -0.25) is 4.98 Å². The molecule has 0 aliphatic rings. The molecule has 2 N–H and O–H groups in total. The molecule has 0 amide bonds. The minimum absolute atomic E-state index is 0.191. The monoisotopic (exact) mass is 238 g/mol. The number of aromatic nitrogens is 1. The van der Waals surface area contributed by atoms with Crippen LogP contribution in [0, 0.1) is 0 Å². The topological polar surface area (TPSA) is 57.4 Å². The maximum absolute atomic E-state index is 5.87. The lowest BCUT2D eigenvalue weighted by Gasteiger charge is -2.09. The summed E-state index contributed by atoms with van der Waals surface area (Å²) in [6, 6.07) is 4.11. The van der Waals surface area contributed by atoms with Crippen LogP contribution in [0.15, 0.2) is 18.3 Å². The Hall–Kier alpha value is -1.13. The standard InChI is InChI=1S/C13H22N2O2/c1-3-11(14)9-12-5-6-13(10-15-12)17-8-4-7-16-2/h5-6,10-11H,3-4,7-9,14H2,1-2H3. The summed E-state index contributed by atoms with van der Waals surface area (Å²) < 4.78 is 10.5. The van der Waals surface area contributed by atoms with Crippen LogP contribution < -0.4 is 10.5 Å². The van der Waals surface area contributed by atoms with Gasteiger partial charge in [0, 0.05) is 38.3 Å². The quantitative estimate of drug-likeness (QED) is 0.701. The van der Waals surface area contributed by atoms with Crippen LogP contribution in [0.25, 0.3) is 0 Å². The Morgan fingerprint density at radius 2 is 2.18 bits per heavy atom. The van der Waals surface area contributed by atoms with Gasteiger partial charge in [0.05, 0.1) is 12.8 Å². The predicted octanol–water partition coefficient (Wildman–Crippen LogP) is 1.78. The molecule has 1 rings (SSSR count). The van der Waals surface area contributed by atoms with E-state index in [1.165, 1.54) is 0 Å². The summed E-state index contributed by atoms with van der Waals surface area (Å²) in [4.78, 5) is 4.33. The molecule has 4 heteroatoms. The van der Waals surface area contributed by atoms with Crippen LogP contribution in [0.1, 0.15) is 25.5 Å². The van der Waals surface area contributed by atoms with Crippen LogP contribution in [0.4, 0.5) is 0 Å². The summed E-state index contributed by atoms with van der Waals surface area (Å²) in [7, 11) is 1.69. The summed E-state index contributed by atoms with van der Waals surface area (Å²) in [6.45, 7) is 3.46. The highest BCUT2D eigenvalue weighted by molar-refractivity contribution is 5.20. The number of methoxy groups -OCH3 is 1. The number of nitrogens with two attached hydrogens (primary N) is 1. The third-order valence-electron chi connectivity index (χ3n) is 2.55. The molecule has 1 unspecified atom stereocenters. The lowest BCUT2D eigenvalue weighted by atomic mass is 10.1. The van der Waals surface area contributed by atoms with E-state index < -0.39 is 0 Å². The van der Waals surface area contributed by atoms with Gasteiger partial charge < -0.3 is 15.2 Å². The fourth-order valence-electron chi connectivity index (χ4n) is 1.42. The zero-order chi connectivity index (χ0) is 12.5. The van der Waals surface area contributed by atoms with Crippen LogP contribution in [0.5, 0.6) is 5.75 Å². The Morgan fingerprint density at radius 3 is 2.76 bits per heavy atom. The fraction of sp³-hybridized carbons (Fsp3) is 0.615. The molecule has 0 saturated heterocycles. The van der Waals surface area contributed by atoms with Gasteiger partial charge in [-0.25, -0.2) is 0 Å². The van der Waals surface area contributed by atoms with E-state index in [9.17, 15) is 0 Å². The number of ether oxygens (including phenoxy) is 2. The first kappa shape index (κ1) is 13.9. The average molecular weight is 238 g/mol. The lowest BCUT2D eigenvalue weighted by molar-refractivity contribution is 0.172. The van der Waals surface area contributed by atoms with Crippen molar-refractivity contribution in [1.82, 2.24) is 4.98 Å².